The molecule has 0 bridgehead atoms. The number of halogens is 4. The normalized spacial score (nSPS) is 12.0. The van der Waals surface area contributed by atoms with E-state index in [1.807, 2.05) is 0 Å². The maximum absolute atomic E-state index is 11.7. The molecule has 1 aromatic rings. The third-order valence-corrected chi connectivity index (χ3v) is 1.94. The van der Waals surface area contributed by atoms with Crippen molar-refractivity contribution < 1.29 is 17.6 Å². The number of furan rings is 1. The van der Waals surface area contributed by atoms with Crippen LogP contribution in [-0.4, -0.2) is 12.7 Å². The summed E-state index contributed by atoms with van der Waals surface area (Å²) < 4.78 is 40.8. The van der Waals surface area contributed by atoms with E-state index in [4.69, 9.17) is 4.42 Å². The van der Waals surface area contributed by atoms with Gasteiger partial charge in [0, 0.05) is 6.54 Å². The Labute approximate surface area is 87.6 Å². The van der Waals surface area contributed by atoms with Gasteiger partial charge in [-0.1, -0.05) is 0 Å². The van der Waals surface area contributed by atoms with Crippen molar-refractivity contribution in [3.8, 4) is 0 Å². The van der Waals surface area contributed by atoms with Gasteiger partial charge < -0.3 is 9.73 Å². The van der Waals surface area contributed by atoms with Gasteiger partial charge in [-0.15, -0.1) is 0 Å². The molecule has 80 valence electrons. The number of nitrogens with one attached hydrogen (secondary N) is 1. The Morgan fingerprint density at radius 1 is 1.36 bits per heavy atom. The largest absolute Gasteiger partial charge is 0.453 e. The molecule has 0 aliphatic rings. The Balaban J connectivity index is 2.16. The van der Waals surface area contributed by atoms with Crippen LogP contribution in [0.3, 0.4) is 0 Å². The lowest BCUT2D eigenvalue weighted by atomic mass is 10.4. The maximum Gasteiger partial charge on any atom is 0.390 e. The van der Waals surface area contributed by atoms with Gasteiger partial charge in [0.25, 0.3) is 0 Å². The molecule has 0 saturated heterocycles. The van der Waals surface area contributed by atoms with Gasteiger partial charge in [-0.3, -0.25) is 0 Å². The van der Waals surface area contributed by atoms with Gasteiger partial charge in [-0.25, -0.2) is 0 Å². The van der Waals surface area contributed by atoms with Gasteiger partial charge in [0.1, 0.15) is 5.76 Å². The van der Waals surface area contributed by atoms with Gasteiger partial charge in [0.2, 0.25) is 0 Å². The van der Waals surface area contributed by atoms with E-state index in [0.29, 0.717) is 17.0 Å². The van der Waals surface area contributed by atoms with Crippen molar-refractivity contribution in [2.24, 2.45) is 0 Å². The molecule has 6 heteroatoms. The Morgan fingerprint density at radius 3 is 2.57 bits per heavy atom. The first-order valence-corrected chi connectivity index (χ1v) is 4.78. The first-order valence-electron chi connectivity index (χ1n) is 3.99. The van der Waals surface area contributed by atoms with Crippen LogP contribution in [0.5, 0.6) is 0 Å². The molecule has 0 aromatic carbocycles. The minimum absolute atomic E-state index is 0.0954. The first kappa shape index (κ1) is 11.6. The zero-order valence-corrected chi connectivity index (χ0v) is 8.78. The fourth-order valence-corrected chi connectivity index (χ4v) is 1.23. The molecule has 0 saturated carbocycles. The molecule has 1 rings (SSSR count). The lowest BCUT2D eigenvalue weighted by Gasteiger charge is -2.06. The zero-order chi connectivity index (χ0) is 10.6. The van der Waals surface area contributed by atoms with Crippen LogP contribution in [0.2, 0.25) is 0 Å². The summed E-state index contributed by atoms with van der Waals surface area (Å²) >= 11 is 3.10. The molecule has 0 atom stereocenters. The summed E-state index contributed by atoms with van der Waals surface area (Å²) in [5, 5.41) is 2.64. The topological polar surface area (TPSA) is 25.2 Å². The van der Waals surface area contributed by atoms with E-state index in [1.54, 1.807) is 12.1 Å². The average Bonchev–Trinajstić information content (AvgIpc) is 2.44. The van der Waals surface area contributed by atoms with Crippen LogP contribution in [0, 0.1) is 0 Å². The molecule has 1 heterocycles. The fraction of sp³-hybridized carbons (Fsp3) is 0.500. The van der Waals surface area contributed by atoms with Crippen LogP contribution in [0.15, 0.2) is 21.2 Å². The molecule has 0 aliphatic carbocycles. The van der Waals surface area contributed by atoms with Crippen molar-refractivity contribution in [1.29, 1.82) is 0 Å². The van der Waals surface area contributed by atoms with Crippen molar-refractivity contribution in [1.82, 2.24) is 5.32 Å². The van der Waals surface area contributed by atoms with Gasteiger partial charge in [0.15, 0.2) is 4.67 Å². The second-order valence-electron chi connectivity index (χ2n) is 2.75. The highest BCUT2D eigenvalue weighted by Gasteiger charge is 2.25. The summed E-state index contributed by atoms with van der Waals surface area (Å²) in [4.78, 5) is 0. The number of alkyl halides is 3. The summed E-state index contributed by atoms with van der Waals surface area (Å²) in [6.07, 6.45) is -4.92. The van der Waals surface area contributed by atoms with Crippen LogP contribution in [0.1, 0.15) is 12.2 Å². The molecule has 0 spiro atoms. The van der Waals surface area contributed by atoms with Crippen molar-refractivity contribution in [3.63, 3.8) is 0 Å². The van der Waals surface area contributed by atoms with Gasteiger partial charge in [0.05, 0.1) is 13.0 Å². The number of rotatable bonds is 4. The Hall–Kier alpha value is -0.490. The Bertz CT molecular complexity index is 284. The third kappa shape index (κ3) is 4.66. The summed E-state index contributed by atoms with van der Waals surface area (Å²) in [7, 11) is 0. The second-order valence-corrected chi connectivity index (χ2v) is 3.53. The number of hydrogen-bond acceptors (Lipinski definition) is 2. The molecule has 0 amide bonds. The second kappa shape index (κ2) is 4.84. The average molecular weight is 272 g/mol. The Morgan fingerprint density at radius 2 is 2.07 bits per heavy atom. The van der Waals surface area contributed by atoms with Gasteiger partial charge in [-0.2, -0.15) is 13.2 Å². The SMILES string of the molecule is FC(F)(F)CCNCc1ccc(Br)o1. The van der Waals surface area contributed by atoms with Crippen LogP contribution >= 0.6 is 15.9 Å². The molecular formula is C8H9BrF3NO. The van der Waals surface area contributed by atoms with Gasteiger partial charge in [-0.05, 0) is 28.1 Å². The summed E-state index contributed by atoms with van der Waals surface area (Å²) in [5.74, 6) is 0.610. The summed E-state index contributed by atoms with van der Waals surface area (Å²) in [5.41, 5.74) is 0. The van der Waals surface area contributed by atoms with E-state index in [-0.39, 0.29) is 6.54 Å². The molecule has 1 aromatic heterocycles. The van der Waals surface area contributed by atoms with Crippen LogP contribution in [0.4, 0.5) is 13.2 Å². The van der Waals surface area contributed by atoms with E-state index in [9.17, 15) is 13.2 Å². The van der Waals surface area contributed by atoms with E-state index >= 15 is 0 Å². The van der Waals surface area contributed by atoms with E-state index in [1.165, 1.54) is 0 Å². The van der Waals surface area contributed by atoms with Crippen molar-refractivity contribution >= 4 is 15.9 Å². The Kier molecular flexibility index (Phi) is 4.00. The minimum atomic E-state index is -4.10. The van der Waals surface area contributed by atoms with E-state index in [2.05, 4.69) is 21.2 Å². The predicted octanol–water partition coefficient (Wildman–Crippen LogP) is 3.08. The summed E-state index contributed by atoms with van der Waals surface area (Å²) in [6, 6.07) is 3.39. The zero-order valence-electron chi connectivity index (χ0n) is 7.20. The highest BCUT2D eigenvalue weighted by Crippen LogP contribution is 2.18. The smallest absolute Gasteiger partial charge is 0.390 e. The van der Waals surface area contributed by atoms with Crippen molar-refractivity contribution in [3.05, 3.63) is 22.6 Å². The highest BCUT2D eigenvalue weighted by molar-refractivity contribution is 9.10. The summed E-state index contributed by atoms with van der Waals surface area (Å²) in [6.45, 7) is 0.212. The highest BCUT2D eigenvalue weighted by atomic mass is 79.9. The maximum atomic E-state index is 11.7. The third-order valence-electron chi connectivity index (χ3n) is 1.51. The fourth-order valence-electron chi connectivity index (χ4n) is 0.888. The van der Waals surface area contributed by atoms with Crippen molar-refractivity contribution in [2.75, 3.05) is 6.54 Å². The quantitative estimate of drug-likeness (QED) is 0.852. The molecule has 2 nitrogen and oxygen atoms in total. The standard InChI is InChI=1S/C8H9BrF3NO/c9-7-2-1-6(14-7)5-13-4-3-8(10,11)12/h1-2,13H,3-5H2. The van der Waals surface area contributed by atoms with Crippen molar-refractivity contribution in [2.45, 2.75) is 19.1 Å². The van der Waals surface area contributed by atoms with E-state index in [0.717, 1.165) is 0 Å². The molecular weight excluding hydrogens is 263 g/mol. The molecule has 0 unspecified atom stereocenters. The molecule has 1 N–H and O–H groups in total. The van der Waals surface area contributed by atoms with E-state index < -0.39 is 12.6 Å². The molecule has 0 radical (unpaired) electrons. The molecule has 0 fully saturated rings. The number of hydrogen-bond donors (Lipinski definition) is 1. The first-order chi connectivity index (χ1) is 6.47. The van der Waals surface area contributed by atoms with Crippen LogP contribution in [-0.2, 0) is 6.54 Å². The van der Waals surface area contributed by atoms with Crippen LogP contribution < -0.4 is 5.32 Å². The van der Waals surface area contributed by atoms with Crippen LogP contribution in [0.25, 0.3) is 0 Å². The lowest BCUT2D eigenvalue weighted by molar-refractivity contribution is -0.133. The van der Waals surface area contributed by atoms with Gasteiger partial charge >= 0.3 is 6.18 Å². The minimum Gasteiger partial charge on any atom is -0.453 e. The predicted molar refractivity (Wildman–Crippen MR) is 48.8 cm³/mol. The monoisotopic (exact) mass is 271 g/mol. The lowest BCUT2D eigenvalue weighted by Crippen LogP contribution is -2.21. The molecule has 14 heavy (non-hydrogen) atoms. The molecule has 0 aliphatic heterocycles.